The van der Waals surface area contributed by atoms with Crippen molar-refractivity contribution < 1.29 is 4.79 Å². The number of benzene rings is 1. The average Bonchev–Trinajstić information content (AvgIpc) is 3.29. The first-order valence-electron chi connectivity index (χ1n) is 8.22. The Bertz CT molecular complexity index is 688. The topological polar surface area (TPSA) is 59.0 Å². The van der Waals surface area contributed by atoms with Gasteiger partial charge in [0.15, 0.2) is 0 Å². The maximum Gasteiger partial charge on any atom is 0.234 e. The molecular weight excluding hydrogens is 288 g/mol. The van der Waals surface area contributed by atoms with Crippen molar-refractivity contribution in [2.75, 3.05) is 13.1 Å². The summed E-state index contributed by atoms with van der Waals surface area (Å²) in [6.45, 7) is 5.88. The van der Waals surface area contributed by atoms with Crippen LogP contribution in [0.15, 0.2) is 30.3 Å². The quantitative estimate of drug-likeness (QED) is 0.823. The van der Waals surface area contributed by atoms with Crippen LogP contribution >= 0.6 is 0 Å². The smallest absolute Gasteiger partial charge is 0.234 e. The fourth-order valence-corrected chi connectivity index (χ4v) is 2.71. The van der Waals surface area contributed by atoms with Crippen LogP contribution in [-0.4, -0.2) is 28.8 Å². The zero-order valence-electron chi connectivity index (χ0n) is 13.8. The van der Waals surface area contributed by atoms with E-state index in [-0.39, 0.29) is 5.91 Å². The molecule has 122 valence electrons. The number of hydrogen-bond acceptors (Lipinski definition) is 3. The number of rotatable bonds is 7. The van der Waals surface area contributed by atoms with Gasteiger partial charge in [0.2, 0.25) is 5.91 Å². The normalized spacial score (nSPS) is 14.0. The minimum Gasteiger partial charge on any atom is -0.351 e. The van der Waals surface area contributed by atoms with Crippen molar-refractivity contribution >= 4 is 5.91 Å². The lowest BCUT2D eigenvalue weighted by molar-refractivity contribution is -0.120. The highest BCUT2D eigenvalue weighted by Gasteiger charge is 2.20. The van der Waals surface area contributed by atoms with Gasteiger partial charge in [-0.1, -0.05) is 18.2 Å². The van der Waals surface area contributed by atoms with Gasteiger partial charge in [-0.15, -0.1) is 0 Å². The third-order valence-corrected chi connectivity index (χ3v) is 4.12. The van der Waals surface area contributed by atoms with E-state index in [0.717, 1.165) is 35.1 Å². The molecule has 0 spiro atoms. The molecule has 1 amide bonds. The second kappa shape index (κ2) is 6.96. The number of nitrogens with one attached hydrogen (secondary N) is 2. The molecule has 5 heteroatoms. The Labute approximate surface area is 137 Å². The molecule has 0 bridgehead atoms. The van der Waals surface area contributed by atoms with Crippen molar-refractivity contribution in [1.82, 2.24) is 20.4 Å². The summed E-state index contributed by atoms with van der Waals surface area (Å²) >= 11 is 0. The maximum absolute atomic E-state index is 11.9. The maximum atomic E-state index is 11.9. The third kappa shape index (κ3) is 4.20. The van der Waals surface area contributed by atoms with Gasteiger partial charge in [0.1, 0.15) is 0 Å². The molecule has 23 heavy (non-hydrogen) atoms. The van der Waals surface area contributed by atoms with Gasteiger partial charge in [0.05, 0.1) is 17.9 Å². The van der Waals surface area contributed by atoms with E-state index in [1.165, 1.54) is 12.8 Å². The Morgan fingerprint density at radius 2 is 2.09 bits per heavy atom. The molecule has 0 unspecified atom stereocenters. The number of aryl methyl sites for hydroxylation is 2. The summed E-state index contributed by atoms with van der Waals surface area (Å²) in [6.07, 6.45) is 2.59. The fraction of sp³-hybridized carbons (Fsp3) is 0.444. The highest BCUT2D eigenvalue weighted by molar-refractivity contribution is 5.78. The van der Waals surface area contributed by atoms with E-state index in [2.05, 4.69) is 21.8 Å². The van der Waals surface area contributed by atoms with Gasteiger partial charge >= 0.3 is 0 Å². The molecular formula is C18H24N4O. The van der Waals surface area contributed by atoms with Gasteiger partial charge < -0.3 is 10.6 Å². The first-order chi connectivity index (χ1) is 11.1. The summed E-state index contributed by atoms with van der Waals surface area (Å²) in [5.41, 5.74) is 4.16. The Balaban J connectivity index is 1.61. The summed E-state index contributed by atoms with van der Waals surface area (Å²) in [4.78, 5) is 11.9. The lowest BCUT2D eigenvalue weighted by atomic mass is 10.1. The van der Waals surface area contributed by atoms with Crippen molar-refractivity contribution in [2.45, 2.75) is 33.2 Å². The highest BCUT2D eigenvalue weighted by Crippen LogP contribution is 2.27. The molecule has 1 saturated carbocycles. The Morgan fingerprint density at radius 1 is 1.30 bits per heavy atom. The first kappa shape index (κ1) is 15.7. The van der Waals surface area contributed by atoms with Crippen LogP contribution in [-0.2, 0) is 11.3 Å². The van der Waals surface area contributed by atoms with Crippen LogP contribution in [0.5, 0.6) is 0 Å². The van der Waals surface area contributed by atoms with Crippen LogP contribution in [0, 0.1) is 19.8 Å². The predicted octanol–water partition coefficient (Wildman–Crippen LogP) is 2.10. The van der Waals surface area contributed by atoms with E-state index in [1.807, 2.05) is 42.8 Å². The van der Waals surface area contributed by atoms with E-state index in [9.17, 15) is 4.79 Å². The molecule has 0 atom stereocenters. The summed E-state index contributed by atoms with van der Waals surface area (Å²) in [7, 11) is 0. The minimum absolute atomic E-state index is 0.0359. The number of para-hydroxylation sites is 1. The zero-order valence-corrected chi connectivity index (χ0v) is 13.8. The molecule has 1 aromatic heterocycles. The lowest BCUT2D eigenvalue weighted by Gasteiger charge is -2.12. The second-order valence-corrected chi connectivity index (χ2v) is 6.32. The number of amides is 1. The Kier molecular flexibility index (Phi) is 4.76. The van der Waals surface area contributed by atoms with Crippen molar-refractivity contribution in [3.05, 3.63) is 47.3 Å². The van der Waals surface area contributed by atoms with Gasteiger partial charge in [0, 0.05) is 12.2 Å². The summed E-state index contributed by atoms with van der Waals surface area (Å²) < 4.78 is 1.93. The number of carbonyl (C=O) groups is 1. The molecule has 0 radical (unpaired) electrons. The van der Waals surface area contributed by atoms with Crippen LogP contribution < -0.4 is 10.6 Å². The molecule has 5 nitrogen and oxygen atoms in total. The molecule has 3 rings (SSSR count). The molecule has 1 fully saturated rings. The zero-order chi connectivity index (χ0) is 16.2. The predicted molar refractivity (Wildman–Crippen MR) is 90.5 cm³/mol. The summed E-state index contributed by atoms with van der Waals surface area (Å²) in [5.74, 6) is 0.823. The molecule has 1 heterocycles. The van der Waals surface area contributed by atoms with E-state index in [4.69, 9.17) is 0 Å². The standard InChI is InChI=1S/C18H24N4O/c1-13-9-14(2)22(21-13)17-6-4-3-5-16(17)11-20-18(23)12-19-10-15-7-8-15/h3-6,9,15,19H,7-8,10-12H2,1-2H3,(H,20,23). The van der Waals surface area contributed by atoms with E-state index < -0.39 is 0 Å². The van der Waals surface area contributed by atoms with E-state index in [0.29, 0.717) is 13.1 Å². The monoisotopic (exact) mass is 312 g/mol. The van der Waals surface area contributed by atoms with Crippen LogP contribution in [0.4, 0.5) is 0 Å². The van der Waals surface area contributed by atoms with E-state index >= 15 is 0 Å². The molecule has 2 N–H and O–H groups in total. The van der Waals surface area contributed by atoms with Crippen LogP contribution in [0.1, 0.15) is 29.8 Å². The molecule has 1 aliphatic rings. The molecule has 1 aromatic carbocycles. The molecule has 1 aliphatic carbocycles. The Hall–Kier alpha value is -2.14. The van der Waals surface area contributed by atoms with Gasteiger partial charge in [-0.3, -0.25) is 4.79 Å². The lowest BCUT2D eigenvalue weighted by Crippen LogP contribution is -2.34. The molecule has 0 aliphatic heterocycles. The van der Waals surface area contributed by atoms with E-state index in [1.54, 1.807) is 0 Å². The SMILES string of the molecule is Cc1cc(C)n(-c2ccccc2CNC(=O)CNCC2CC2)n1. The number of hydrogen-bond donors (Lipinski definition) is 2. The number of carbonyl (C=O) groups excluding carboxylic acids is 1. The van der Waals surface area contributed by atoms with Gasteiger partial charge in [-0.25, -0.2) is 4.68 Å². The van der Waals surface area contributed by atoms with Crippen molar-refractivity contribution in [2.24, 2.45) is 5.92 Å². The van der Waals surface area contributed by atoms with Crippen LogP contribution in [0.25, 0.3) is 5.69 Å². The molecule has 0 saturated heterocycles. The number of aromatic nitrogens is 2. The van der Waals surface area contributed by atoms with Gasteiger partial charge in [-0.05, 0) is 56.8 Å². The fourth-order valence-electron chi connectivity index (χ4n) is 2.71. The van der Waals surface area contributed by atoms with Crippen molar-refractivity contribution in [3.63, 3.8) is 0 Å². The third-order valence-electron chi connectivity index (χ3n) is 4.12. The van der Waals surface area contributed by atoms with Crippen LogP contribution in [0.3, 0.4) is 0 Å². The van der Waals surface area contributed by atoms with Gasteiger partial charge in [0.25, 0.3) is 0 Å². The largest absolute Gasteiger partial charge is 0.351 e. The first-order valence-corrected chi connectivity index (χ1v) is 8.22. The van der Waals surface area contributed by atoms with Crippen molar-refractivity contribution in [3.8, 4) is 5.69 Å². The summed E-state index contributed by atoms with van der Waals surface area (Å²) in [6, 6.07) is 10.1. The van der Waals surface area contributed by atoms with Crippen molar-refractivity contribution in [1.29, 1.82) is 0 Å². The number of nitrogens with zero attached hydrogens (tertiary/aromatic N) is 2. The highest BCUT2D eigenvalue weighted by atomic mass is 16.1. The van der Waals surface area contributed by atoms with Gasteiger partial charge in [-0.2, -0.15) is 5.10 Å². The Morgan fingerprint density at radius 3 is 2.78 bits per heavy atom. The minimum atomic E-state index is 0.0359. The van der Waals surface area contributed by atoms with Crippen LogP contribution in [0.2, 0.25) is 0 Å². The second-order valence-electron chi connectivity index (χ2n) is 6.32. The summed E-state index contributed by atoms with van der Waals surface area (Å²) in [5, 5.41) is 10.7. The average molecular weight is 312 g/mol. The molecule has 2 aromatic rings.